The Hall–Kier alpha value is -2.54. The zero-order chi connectivity index (χ0) is 19.7. The second-order valence-corrected chi connectivity index (χ2v) is 8.99. The lowest BCUT2D eigenvalue weighted by molar-refractivity contribution is 0.145. The van der Waals surface area contributed by atoms with Gasteiger partial charge in [0.15, 0.2) is 15.7 Å². The standard InChI is InChI=1S/C16H19F2N5O2S/c1-16(2,3)9-21-15-11(7-19)13(14(17)18)22-23(15)12-6-5-10(8-20-12)26(4,24)25/h5-6,8,14,21H,9H2,1-4H3. The summed E-state index contributed by atoms with van der Waals surface area (Å²) in [7, 11) is -3.44. The van der Waals surface area contributed by atoms with E-state index in [2.05, 4.69) is 15.4 Å². The van der Waals surface area contributed by atoms with Gasteiger partial charge in [-0.3, -0.25) is 0 Å². The molecule has 7 nitrogen and oxygen atoms in total. The second kappa shape index (κ2) is 6.99. The van der Waals surface area contributed by atoms with E-state index >= 15 is 0 Å². The smallest absolute Gasteiger partial charge is 0.283 e. The molecule has 0 bridgehead atoms. The van der Waals surface area contributed by atoms with E-state index in [0.717, 1.165) is 17.1 Å². The van der Waals surface area contributed by atoms with Crippen molar-refractivity contribution >= 4 is 15.7 Å². The molecule has 0 aliphatic heterocycles. The summed E-state index contributed by atoms with van der Waals surface area (Å²) in [5.74, 6) is 0.217. The maximum Gasteiger partial charge on any atom is 0.283 e. The van der Waals surface area contributed by atoms with Gasteiger partial charge in [0, 0.05) is 19.0 Å². The lowest BCUT2D eigenvalue weighted by Gasteiger charge is -2.20. The van der Waals surface area contributed by atoms with Gasteiger partial charge in [0.05, 0.1) is 4.90 Å². The third kappa shape index (κ3) is 4.35. The number of nitriles is 1. The van der Waals surface area contributed by atoms with Crippen LogP contribution in [0.5, 0.6) is 0 Å². The van der Waals surface area contributed by atoms with Gasteiger partial charge in [-0.2, -0.15) is 15.0 Å². The molecule has 0 spiro atoms. The highest BCUT2D eigenvalue weighted by Gasteiger charge is 2.26. The molecule has 0 aliphatic rings. The summed E-state index contributed by atoms with van der Waals surface area (Å²) in [5, 5.41) is 16.1. The molecule has 0 aliphatic carbocycles. The van der Waals surface area contributed by atoms with Crippen LogP contribution in [0.2, 0.25) is 0 Å². The summed E-state index contributed by atoms with van der Waals surface area (Å²) < 4.78 is 50.7. The monoisotopic (exact) mass is 383 g/mol. The number of alkyl halides is 2. The van der Waals surface area contributed by atoms with E-state index in [1.807, 2.05) is 20.8 Å². The summed E-state index contributed by atoms with van der Waals surface area (Å²) in [5.41, 5.74) is -1.10. The zero-order valence-electron chi connectivity index (χ0n) is 14.8. The van der Waals surface area contributed by atoms with E-state index in [-0.39, 0.29) is 27.5 Å². The molecule has 2 aromatic heterocycles. The van der Waals surface area contributed by atoms with E-state index in [0.29, 0.717) is 6.54 Å². The van der Waals surface area contributed by atoms with E-state index in [1.54, 1.807) is 6.07 Å². The fourth-order valence-electron chi connectivity index (χ4n) is 2.09. The fourth-order valence-corrected chi connectivity index (χ4v) is 2.65. The molecule has 2 aromatic rings. The van der Waals surface area contributed by atoms with Gasteiger partial charge in [-0.25, -0.2) is 22.2 Å². The van der Waals surface area contributed by atoms with Crippen molar-refractivity contribution in [3.63, 3.8) is 0 Å². The lowest BCUT2D eigenvalue weighted by Crippen LogP contribution is -2.21. The highest BCUT2D eigenvalue weighted by Crippen LogP contribution is 2.30. The largest absolute Gasteiger partial charge is 0.368 e. The van der Waals surface area contributed by atoms with E-state index in [4.69, 9.17) is 0 Å². The molecule has 2 rings (SSSR count). The summed E-state index contributed by atoms with van der Waals surface area (Å²) in [6.07, 6.45) is -0.777. The first-order valence-corrected chi connectivity index (χ1v) is 9.54. The van der Waals surface area contributed by atoms with Crippen LogP contribution in [0.15, 0.2) is 23.2 Å². The van der Waals surface area contributed by atoms with Crippen molar-refractivity contribution in [1.82, 2.24) is 14.8 Å². The molecule has 0 unspecified atom stereocenters. The quantitative estimate of drug-likeness (QED) is 0.852. The number of sulfone groups is 1. The molecule has 0 saturated heterocycles. The number of aromatic nitrogens is 3. The Balaban J connectivity index is 2.58. The van der Waals surface area contributed by atoms with Gasteiger partial charge < -0.3 is 5.32 Å². The summed E-state index contributed by atoms with van der Waals surface area (Å²) >= 11 is 0. The van der Waals surface area contributed by atoms with Crippen LogP contribution in [0.25, 0.3) is 5.82 Å². The maximum absolute atomic E-state index is 13.3. The summed E-state index contributed by atoms with van der Waals surface area (Å²) in [6.45, 7) is 6.23. The average molecular weight is 383 g/mol. The first-order valence-electron chi connectivity index (χ1n) is 7.65. The van der Waals surface area contributed by atoms with E-state index < -0.39 is 22.0 Å². The van der Waals surface area contributed by atoms with Crippen LogP contribution in [0.4, 0.5) is 14.6 Å². The second-order valence-electron chi connectivity index (χ2n) is 6.97. The third-order valence-electron chi connectivity index (χ3n) is 3.38. The van der Waals surface area contributed by atoms with E-state index in [9.17, 15) is 22.5 Å². The van der Waals surface area contributed by atoms with Gasteiger partial charge in [0.25, 0.3) is 6.43 Å². The van der Waals surface area contributed by atoms with Crippen LogP contribution >= 0.6 is 0 Å². The Kier molecular flexibility index (Phi) is 5.32. The number of pyridine rings is 1. The summed E-state index contributed by atoms with van der Waals surface area (Å²) in [6, 6.07) is 4.41. The Morgan fingerprint density at radius 2 is 2.00 bits per heavy atom. The minimum Gasteiger partial charge on any atom is -0.368 e. The molecule has 26 heavy (non-hydrogen) atoms. The average Bonchev–Trinajstić information content (AvgIpc) is 2.90. The molecule has 0 radical (unpaired) electrons. The molecule has 0 amide bonds. The number of rotatable bonds is 5. The van der Waals surface area contributed by atoms with Crippen molar-refractivity contribution in [3.8, 4) is 11.9 Å². The predicted molar refractivity (Wildman–Crippen MR) is 92.1 cm³/mol. The van der Waals surface area contributed by atoms with Crippen LogP contribution in [0.3, 0.4) is 0 Å². The first kappa shape index (κ1) is 19.8. The van der Waals surface area contributed by atoms with Crippen molar-refractivity contribution in [1.29, 1.82) is 5.26 Å². The Morgan fingerprint density at radius 1 is 1.35 bits per heavy atom. The fraction of sp³-hybridized carbons (Fsp3) is 0.438. The van der Waals surface area contributed by atoms with Gasteiger partial charge >= 0.3 is 0 Å². The van der Waals surface area contributed by atoms with Crippen molar-refractivity contribution in [2.24, 2.45) is 5.41 Å². The molecule has 0 saturated carbocycles. The molecule has 0 aromatic carbocycles. The van der Waals surface area contributed by atoms with Crippen LogP contribution < -0.4 is 5.32 Å². The molecular weight excluding hydrogens is 364 g/mol. The normalized spacial score (nSPS) is 12.2. The zero-order valence-corrected chi connectivity index (χ0v) is 15.6. The van der Waals surface area contributed by atoms with Crippen molar-refractivity contribution in [2.75, 3.05) is 18.1 Å². The first-order chi connectivity index (χ1) is 11.9. The van der Waals surface area contributed by atoms with Gasteiger partial charge in [-0.15, -0.1) is 0 Å². The number of halogens is 2. The van der Waals surface area contributed by atoms with E-state index in [1.165, 1.54) is 12.1 Å². The van der Waals surface area contributed by atoms with Crippen molar-refractivity contribution in [3.05, 3.63) is 29.6 Å². The molecule has 1 N–H and O–H groups in total. The van der Waals surface area contributed by atoms with Crippen LogP contribution in [0.1, 0.15) is 38.5 Å². The lowest BCUT2D eigenvalue weighted by atomic mass is 9.97. The highest BCUT2D eigenvalue weighted by molar-refractivity contribution is 7.90. The number of hydrogen-bond donors (Lipinski definition) is 1. The third-order valence-corrected chi connectivity index (χ3v) is 4.48. The topological polar surface area (TPSA) is 101 Å². The molecule has 0 fully saturated rings. The SMILES string of the molecule is CC(C)(C)CNc1c(C#N)c(C(F)F)nn1-c1ccc(S(C)(=O)=O)cn1. The molecule has 140 valence electrons. The number of hydrogen-bond acceptors (Lipinski definition) is 6. The van der Waals surface area contributed by atoms with Gasteiger partial charge in [-0.05, 0) is 17.5 Å². The van der Waals surface area contributed by atoms with Crippen LogP contribution in [0, 0.1) is 16.7 Å². The van der Waals surface area contributed by atoms with Crippen LogP contribution in [-0.4, -0.2) is 36.0 Å². The maximum atomic E-state index is 13.3. The minimum atomic E-state index is -3.44. The highest BCUT2D eigenvalue weighted by atomic mass is 32.2. The van der Waals surface area contributed by atoms with Gasteiger partial charge in [-0.1, -0.05) is 20.8 Å². The minimum absolute atomic E-state index is 0.00723. The Labute approximate surface area is 150 Å². The number of nitrogens with zero attached hydrogens (tertiary/aromatic N) is 4. The summed E-state index contributed by atoms with van der Waals surface area (Å²) in [4.78, 5) is 3.99. The molecular formula is C16H19F2N5O2S. The van der Waals surface area contributed by atoms with Crippen molar-refractivity contribution < 1.29 is 17.2 Å². The number of anilines is 1. The number of nitrogens with one attached hydrogen (secondary N) is 1. The van der Waals surface area contributed by atoms with Crippen molar-refractivity contribution in [2.45, 2.75) is 32.1 Å². The molecule has 10 heteroatoms. The van der Waals surface area contributed by atoms with Gasteiger partial charge in [0.1, 0.15) is 23.1 Å². The Morgan fingerprint density at radius 3 is 2.42 bits per heavy atom. The predicted octanol–water partition coefficient (Wildman–Crippen LogP) is 2.94. The van der Waals surface area contributed by atoms with Crippen LogP contribution in [-0.2, 0) is 9.84 Å². The molecule has 0 atom stereocenters. The van der Waals surface area contributed by atoms with Gasteiger partial charge in [0.2, 0.25) is 0 Å². The molecule has 2 heterocycles. The Bertz CT molecular complexity index is 939.